The summed E-state index contributed by atoms with van der Waals surface area (Å²) in [6.07, 6.45) is 7.19. The molecule has 0 aromatic carbocycles. The van der Waals surface area contributed by atoms with Gasteiger partial charge < -0.3 is 5.11 Å². The van der Waals surface area contributed by atoms with Crippen LogP contribution in [0.2, 0.25) is 0 Å². The lowest BCUT2D eigenvalue weighted by Gasteiger charge is -2.26. The van der Waals surface area contributed by atoms with E-state index >= 15 is 0 Å². The molecule has 1 N–H and O–H groups in total. The van der Waals surface area contributed by atoms with Gasteiger partial charge >= 0.3 is 0 Å². The van der Waals surface area contributed by atoms with Crippen molar-refractivity contribution < 1.29 is 5.11 Å². The molecule has 0 radical (unpaired) electrons. The van der Waals surface area contributed by atoms with E-state index in [4.69, 9.17) is 0 Å². The van der Waals surface area contributed by atoms with E-state index in [-0.39, 0.29) is 6.10 Å². The number of nitrogens with zero attached hydrogens (tertiary/aromatic N) is 1. The van der Waals surface area contributed by atoms with Crippen molar-refractivity contribution in [3.63, 3.8) is 0 Å². The zero-order valence-electron chi connectivity index (χ0n) is 8.13. The van der Waals surface area contributed by atoms with Crippen LogP contribution in [0, 0.1) is 11.8 Å². The fourth-order valence-corrected chi connectivity index (χ4v) is 3.31. The molecule has 2 saturated carbocycles. The van der Waals surface area contributed by atoms with Gasteiger partial charge in [0.2, 0.25) is 0 Å². The Hall–Kier alpha value is -0.890. The van der Waals surface area contributed by atoms with E-state index in [9.17, 15) is 5.11 Å². The van der Waals surface area contributed by atoms with E-state index in [0.717, 1.165) is 12.3 Å². The topological polar surface area (TPSA) is 33.1 Å². The third-order valence-electron chi connectivity index (χ3n) is 3.91. The Labute approximate surface area is 84.0 Å². The van der Waals surface area contributed by atoms with E-state index in [0.29, 0.717) is 11.8 Å². The van der Waals surface area contributed by atoms with E-state index in [1.54, 1.807) is 0 Å². The maximum Gasteiger partial charge on any atom is 0.0577 e. The molecule has 2 heteroatoms. The summed E-state index contributed by atoms with van der Waals surface area (Å²) in [5, 5.41) is 9.84. The lowest BCUT2D eigenvalue weighted by atomic mass is 9.82. The van der Waals surface area contributed by atoms with Gasteiger partial charge in [0.15, 0.2) is 0 Å². The van der Waals surface area contributed by atoms with Crippen molar-refractivity contribution in [3.8, 4) is 0 Å². The van der Waals surface area contributed by atoms with Crippen molar-refractivity contribution in [3.05, 3.63) is 30.1 Å². The van der Waals surface area contributed by atoms with Gasteiger partial charge in [-0.3, -0.25) is 4.98 Å². The lowest BCUT2D eigenvalue weighted by Crippen LogP contribution is -2.22. The summed E-state index contributed by atoms with van der Waals surface area (Å²) in [6, 6.07) is 4.19. The molecule has 2 nitrogen and oxygen atoms in total. The molecule has 14 heavy (non-hydrogen) atoms. The monoisotopic (exact) mass is 189 g/mol. The standard InChI is InChI=1S/C12H15NO/c14-12-7-8-5-10(11(12)6-8)9-1-3-13-4-2-9/h1-4,8,10-12,14H,5-7H2. The molecule has 2 aliphatic carbocycles. The molecule has 0 spiro atoms. The van der Waals surface area contributed by atoms with E-state index in [2.05, 4.69) is 17.1 Å². The normalized spacial score (nSPS) is 40.4. The van der Waals surface area contributed by atoms with Gasteiger partial charge in [-0.2, -0.15) is 0 Å². The summed E-state index contributed by atoms with van der Waals surface area (Å²) in [5.41, 5.74) is 1.37. The van der Waals surface area contributed by atoms with Crippen LogP contribution in [0.4, 0.5) is 0 Å². The number of fused-ring (bicyclic) bond motifs is 2. The number of aliphatic hydroxyl groups excluding tert-OH is 1. The van der Waals surface area contributed by atoms with Crippen LogP contribution in [-0.4, -0.2) is 16.2 Å². The molecular weight excluding hydrogens is 174 g/mol. The van der Waals surface area contributed by atoms with Crippen LogP contribution in [-0.2, 0) is 0 Å². The summed E-state index contributed by atoms with van der Waals surface area (Å²) < 4.78 is 0. The summed E-state index contributed by atoms with van der Waals surface area (Å²) in [7, 11) is 0. The second-order valence-corrected chi connectivity index (χ2v) is 4.69. The third-order valence-corrected chi connectivity index (χ3v) is 3.91. The maximum atomic E-state index is 9.84. The Bertz CT molecular complexity index is 324. The Morgan fingerprint density at radius 2 is 1.93 bits per heavy atom. The number of rotatable bonds is 1. The number of hydrogen-bond acceptors (Lipinski definition) is 2. The molecule has 2 bridgehead atoms. The molecule has 0 aliphatic heterocycles. The van der Waals surface area contributed by atoms with E-state index in [1.165, 1.54) is 18.4 Å². The average Bonchev–Trinajstić information content (AvgIpc) is 2.77. The van der Waals surface area contributed by atoms with Gasteiger partial charge in [-0.1, -0.05) is 0 Å². The second-order valence-electron chi connectivity index (χ2n) is 4.69. The van der Waals surface area contributed by atoms with Crippen molar-refractivity contribution in [1.29, 1.82) is 0 Å². The fraction of sp³-hybridized carbons (Fsp3) is 0.583. The summed E-state index contributed by atoms with van der Waals surface area (Å²) >= 11 is 0. The first kappa shape index (κ1) is 8.42. The SMILES string of the molecule is OC1CC2CC(c3ccncc3)C1C2. The number of hydrogen-bond donors (Lipinski definition) is 1. The highest BCUT2D eigenvalue weighted by Crippen LogP contribution is 2.52. The van der Waals surface area contributed by atoms with Crippen molar-refractivity contribution in [2.75, 3.05) is 0 Å². The van der Waals surface area contributed by atoms with Crippen LogP contribution in [0.1, 0.15) is 30.7 Å². The molecule has 1 aromatic heterocycles. The summed E-state index contributed by atoms with van der Waals surface area (Å²) in [6.45, 7) is 0. The second kappa shape index (κ2) is 3.06. The highest BCUT2D eigenvalue weighted by Gasteiger charge is 2.45. The Balaban J connectivity index is 1.88. The molecule has 4 atom stereocenters. The third kappa shape index (κ3) is 1.17. The molecule has 2 aliphatic rings. The largest absolute Gasteiger partial charge is 0.393 e. The van der Waals surface area contributed by atoms with Gasteiger partial charge in [0, 0.05) is 12.4 Å². The maximum absolute atomic E-state index is 9.84. The number of aliphatic hydroxyl groups is 1. The molecule has 3 rings (SSSR count). The van der Waals surface area contributed by atoms with Crippen LogP contribution < -0.4 is 0 Å². The van der Waals surface area contributed by atoms with E-state index < -0.39 is 0 Å². The molecule has 1 aromatic rings. The number of aromatic nitrogens is 1. The summed E-state index contributed by atoms with van der Waals surface area (Å²) in [5.74, 6) is 1.88. The highest BCUT2D eigenvalue weighted by atomic mass is 16.3. The zero-order chi connectivity index (χ0) is 9.54. The smallest absolute Gasteiger partial charge is 0.0577 e. The Morgan fingerprint density at radius 1 is 1.14 bits per heavy atom. The predicted molar refractivity (Wildman–Crippen MR) is 53.8 cm³/mol. The van der Waals surface area contributed by atoms with Crippen LogP contribution in [0.25, 0.3) is 0 Å². The van der Waals surface area contributed by atoms with Gasteiger partial charge in [-0.05, 0) is 54.7 Å². The molecule has 0 amide bonds. The average molecular weight is 189 g/mol. The predicted octanol–water partition coefficient (Wildman–Crippen LogP) is 1.96. The molecule has 4 unspecified atom stereocenters. The van der Waals surface area contributed by atoms with E-state index in [1.807, 2.05) is 12.4 Å². The van der Waals surface area contributed by atoms with Gasteiger partial charge in [0.05, 0.1) is 6.10 Å². The molecular formula is C12H15NO. The lowest BCUT2D eigenvalue weighted by molar-refractivity contribution is 0.101. The quantitative estimate of drug-likeness (QED) is 0.732. The van der Waals surface area contributed by atoms with Gasteiger partial charge in [-0.25, -0.2) is 0 Å². The van der Waals surface area contributed by atoms with Gasteiger partial charge in [0.25, 0.3) is 0 Å². The minimum Gasteiger partial charge on any atom is -0.393 e. The van der Waals surface area contributed by atoms with Crippen molar-refractivity contribution in [1.82, 2.24) is 4.98 Å². The van der Waals surface area contributed by atoms with Crippen LogP contribution >= 0.6 is 0 Å². The highest BCUT2D eigenvalue weighted by molar-refractivity contribution is 5.21. The molecule has 1 heterocycles. The summed E-state index contributed by atoms with van der Waals surface area (Å²) in [4.78, 5) is 4.04. The minimum absolute atomic E-state index is 0.0492. The molecule has 2 fully saturated rings. The van der Waals surface area contributed by atoms with Crippen LogP contribution in [0.15, 0.2) is 24.5 Å². The Kier molecular flexibility index (Phi) is 1.84. The first-order chi connectivity index (χ1) is 6.84. The fourth-order valence-electron chi connectivity index (χ4n) is 3.31. The van der Waals surface area contributed by atoms with Gasteiger partial charge in [0.1, 0.15) is 0 Å². The molecule has 74 valence electrons. The minimum atomic E-state index is -0.0492. The number of pyridine rings is 1. The van der Waals surface area contributed by atoms with Crippen molar-refractivity contribution in [2.45, 2.75) is 31.3 Å². The first-order valence-electron chi connectivity index (χ1n) is 5.42. The van der Waals surface area contributed by atoms with Crippen molar-refractivity contribution >= 4 is 0 Å². The van der Waals surface area contributed by atoms with Crippen molar-refractivity contribution in [2.24, 2.45) is 11.8 Å². The zero-order valence-corrected chi connectivity index (χ0v) is 8.13. The first-order valence-corrected chi connectivity index (χ1v) is 5.42. The van der Waals surface area contributed by atoms with Crippen LogP contribution in [0.5, 0.6) is 0 Å². The van der Waals surface area contributed by atoms with Crippen LogP contribution in [0.3, 0.4) is 0 Å². The Morgan fingerprint density at radius 3 is 2.57 bits per heavy atom. The molecule has 0 saturated heterocycles. The van der Waals surface area contributed by atoms with Gasteiger partial charge in [-0.15, -0.1) is 0 Å².